The van der Waals surface area contributed by atoms with Gasteiger partial charge in [-0.3, -0.25) is 19.8 Å². The van der Waals surface area contributed by atoms with Crippen LogP contribution in [0.1, 0.15) is 18.9 Å². The summed E-state index contributed by atoms with van der Waals surface area (Å²) in [6, 6.07) is 6.49. The molecule has 1 aromatic rings. The number of hydrogen-bond acceptors (Lipinski definition) is 4. The normalized spacial score (nSPS) is 23.4. The molecule has 0 radical (unpaired) electrons. The smallest absolute Gasteiger partial charge is 0.308 e. The van der Waals surface area contributed by atoms with Gasteiger partial charge in [0, 0.05) is 24.2 Å². The van der Waals surface area contributed by atoms with Crippen molar-refractivity contribution in [2.45, 2.75) is 25.9 Å². The van der Waals surface area contributed by atoms with E-state index in [1.165, 1.54) is 6.07 Å². The molecular weight excluding hydrogens is 248 g/mol. The lowest BCUT2D eigenvalue weighted by Gasteiger charge is -2.22. The molecule has 6 nitrogen and oxygen atoms in total. The van der Waals surface area contributed by atoms with E-state index in [9.17, 15) is 14.9 Å². The van der Waals surface area contributed by atoms with E-state index in [1.807, 2.05) is 11.8 Å². The SMILES string of the molecule is CC1C(C(=O)O)CCN1Cc1ccccc1[N+](=O)[O-]. The van der Waals surface area contributed by atoms with Crippen LogP contribution in [-0.2, 0) is 11.3 Å². The highest BCUT2D eigenvalue weighted by molar-refractivity contribution is 5.71. The van der Waals surface area contributed by atoms with Gasteiger partial charge >= 0.3 is 5.97 Å². The molecule has 0 aromatic heterocycles. The second-order valence-corrected chi connectivity index (χ2v) is 4.83. The standard InChI is InChI=1S/C13H16N2O4/c1-9-11(13(16)17)6-7-14(9)8-10-4-2-3-5-12(10)15(18)19/h2-5,9,11H,6-8H2,1H3,(H,16,17). The zero-order valence-electron chi connectivity index (χ0n) is 10.7. The number of nitro benzene ring substituents is 1. The van der Waals surface area contributed by atoms with Gasteiger partial charge in [0.25, 0.3) is 5.69 Å². The average molecular weight is 264 g/mol. The zero-order chi connectivity index (χ0) is 14.0. The highest BCUT2D eigenvalue weighted by Gasteiger charge is 2.36. The number of aliphatic carboxylic acids is 1. The van der Waals surface area contributed by atoms with Crippen molar-refractivity contribution in [2.75, 3.05) is 6.54 Å². The Labute approximate surface area is 110 Å². The van der Waals surface area contributed by atoms with Crippen LogP contribution in [0.15, 0.2) is 24.3 Å². The number of nitro groups is 1. The summed E-state index contributed by atoms with van der Waals surface area (Å²) in [4.78, 5) is 23.6. The lowest BCUT2D eigenvalue weighted by molar-refractivity contribution is -0.385. The fraction of sp³-hybridized carbons (Fsp3) is 0.462. The highest BCUT2D eigenvalue weighted by atomic mass is 16.6. The maximum Gasteiger partial charge on any atom is 0.308 e. The lowest BCUT2D eigenvalue weighted by atomic mass is 10.0. The first-order valence-corrected chi connectivity index (χ1v) is 6.20. The van der Waals surface area contributed by atoms with Gasteiger partial charge in [0.05, 0.1) is 10.8 Å². The Hall–Kier alpha value is -1.95. The molecule has 2 unspecified atom stereocenters. The van der Waals surface area contributed by atoms with Crippen LogP contribution in [0.25, 0.3) is 0 Å². The monoisotopic (exact) mass is 264 g/mol. The molecule has 2 rings (SSSR count). The number of rotatable bonds is 4. The van der Waals surface area contributed by atoms with Crippen LogP contribution in [0.4, 0.5) is 5.69 Å². The van der Waals surface area contributed by atoms with Gasteiger partial charge in [0.1, 0.15) is 0 Å². The molecule has 0 saturated carbocycles. The molecule has 1 fully saturated rings. The fourth-order valence-corrected chi connectivity index (χ4v) is 2.60. The van der Waals surface area contributed by atoms with E-state index < -0.39 is 10.9 Å². The number of nitrogens with zero attached hydrogens (tertiary/aromatic N) is 2. The predicted octanol–water partition coefficient (Wildman–Crippen LogP) is 1.89. The first-order chi connectivity index (χ1) is 9.00. The number of likely N-dealkylation sites (tertiary alicyclic amines) is 1. The van der Waals surface area contributed by atoms with Crippen molar-refractivity contribution >= 4 is 11.7 Å². The van der Waals surface area contributed by atoms with E-state index in [0.29, 0.717) is 25.1 Å². The van der Waals surface area contributed by atoms with E-state index >= 15 is 0 Å². The molecule has 19 heavy (non-hydrogen) atoms. The quantitative estimate of drug-likeness (QED) is 0.663. The third-order valence-electron chi connectivity index (χ3n) is 3.76. The minimum Gasteiger partial charge on any atom is -0.481 e. The summed E-state index contributed by atoms with van der Waals surface area (Å²) in [7, 11) is 0. The van der Waals surface area contributed by atoms with Crippen molar-refractivity contribution in [3.63, 3.8) is 0 Å². The topological polar surface area (TPSA) is 83.7 Å². The van der Waals surface area contributed by atoms with Gasteiger partial charge in [-0.05, 0) is 19.9 Å². The summed E-state index contributed by atoms with van der Waals surface area (Å²) in [6.07, 6.45) is 0.594. The summed E-state index contributed by atoms with van der Waals surface area (Å²) in [5.74, 6) is -1.18. The Bertz CT molecular complexity index is 503. The molecule has 0 bridgehead atoms. The van der Waals surface area contributed by atoms with Crippen LogP contribution < -0.4 is 0 Å². The molecule has 1 aliphatic rings. The average Bonchev–Trinajstić information content (AvgIpc) is 2.71. The lowest BCUT2D eigenvalue weighted by Crippen LogP contribution is -2.32. The zero-order valence-corrected chi connectivity index (χ0v) is 10.7. The van der Waals surface area contributed by atoms with Crippen LogP contribution >= 0.6 is 0 Å². The number of benzene rings is 1. The first-order valence-electron chi connectivity index (χ1n) is 6.20. The van der Waals surface area contributed by atoms with Crippen molar-refractivity contribution in [1.29, 1.82) is 0 Å². The van der Waals surface area contributed by atoms with Crippen molar-refractivity contribution in [1.82, 2.24) is 4.90 Å². The summed E-state index contributed by atoms with van der Waals surface area (Å²) >= 11 is 0. The van der Waals surface area contributed by atoms with Gasteiger partial charge in [0.15, 0.2) is 0 Å². The molecule has 1 saturated heterocycles. The molecule has 0 spiro atoms. The Kier molecular flexibility index (Phi) is 3.80. The number of carboxylic acids is 1. The van der Waals surface area contributed by atoms with Gasteiger partial charge in [-0.25, -0.2) is 0 Å². The third kappa shape index (κ3) is 2.73. The van der Waals surface area contributed by atoms with Crippen LogP contribution in [0, 0.1) is 16.0 Å². The Balaban J connectivity index is 2.15. The van der Waals surface area contributed by atoms with Crippen molar-refractivity contribution in [3.05, 3.63) is 39.9 Å². The van der Waals surface area contributed by atoms with Crippen molar-refractivity contribution in [3.8, 4) is 0 Å². The van der Waals surface area contributed by atoms with Crippen LogP contribution in [0.3, 0.4) is 0 Å². The first kappa shape index (κ1) is 13.5. The minimum atomic E-state index is -0.794. The Morgan fingerprint density at radius 3 is 2.79 bits per heavy atom. The second kappa shape index (κ2) is 5.36. The maximum absolute atomic E-state index is 11.1. The van der Waals surface area contributed by atoms with Gasteiger partial charge < -0.3 is 5.11 Å². The molecule has 102 valence electrons. The van der Waals surface area contributed by atoms with E-state index in [0.717, 1.165) is 0 Å². The number of carboxylic acid groups (broad SMARTS) is 1. The minimum absolute atomic E-state index is 0.0912. The van der Waals surface area contributed by atoms with Gasteiger partial charge in [0.2, 0.25) is 0 Å². The molecule has 1 N–H and O–H groups in total. The Morgan fingerprint density at radius 1 is 1.53 bits per heavy atom. The van der Waals surface area contributed by atoms with E-state index in [-0.39, 0.29) is 17.6 Å². The van der Waals surface area contributed by atoms with Gasteiger partial charge in [-0.15, -0.1) is 0 Å². The van der Waals surface area contributed by atoms with E-state index in [2.05, 4.69) is 0 Å². The molecule has 6 heteroatoms. The largest absolute Gasteiger partial charge is 0.481 e. The summed E-state index contributed by atoms with van der Waals surface area (Å²) < 4.78 is 0. The molecular formula is C13H16N2O4. The molecule has 2 atom stereocenters. The maximum atomic E-state index is 11.1. The fourth-order valence-electron chi connectivity index (χ4n) is 2.60. The Morgan fingerprint density at radius 2 is 2.21 bits per heavy atom. The van der Waals surface area contributed by atoms with Crippen molar-refractivity contribution < 1.29 is 14.8 Å². The summed E-state index contributed by atoms with van der Waals surface area (Å²) in [5.41, 5.74) is 0.721. The second-order valence-electron chi connectivity index (χ2n) is 4.83. The summed E-state index contributed by atoms with van der Waals surface area (Å²) in [5, 5.41) is 20.0. The highest BCUT2D eigenvalue weighted by Crippen LogP contribution is 2.28. The number of carbonyl (C=O) groups is 1. The predicted molar refractivity (Wildman–Crippen MR) is 68.7 cm³/mol. The summed E-state index contributed by atoms with van der Waals surface area (Å²) in [6.45, 7) is 2.94. The third-order valence-corrected chi connectivity index (χ3v) is 3.76. The molecule has 0 aliphatic carbocycles. The van der Waals surface area contributed by atoms with Crippen molar-refractivity contribution in [2.24, 2.45) is 5.92 Å². The van der Waals surface area contributed by atoms with Crippen LogP contribution in [0.5, 0.6) is 0 Å². The molecule has 0 amide bonds. The molecule has 1 heterocycles. The molecule has 1 aromatic carbocycles. The van der Waals surface area contributed by atoms with Gasteiger partial charge in [-0.1, -0.05) is 18.2 Å². The van der Waals surface area contributed by atoms with Crippen LogP contribution in [-0.4, -0.2) is 33.5 Å². The number of para-hydroxylation sites is 1. The van der Waals surface area contributed by atoms with E-state index in [1.54, 1.807) is 18.2 Å². The van der Waals surface area contributed by atoms with E-state index in [4.69, 9.17) is 5.11 Å². The molecule has 1 aliphatic heterocycles. The van der Waals surface area contributed by atoms with Gasteiger partial charge in [-0.2, -0.15) is 0 Å². The number of hydrogen-bond donors (Lipinski definition) is 1. The van der Waals surface area contributed by atoms with Crippen LogP contribution in [0.2, 0.25) is 0 Å².